The van der Waals surface area contributed by atoms with E-state index < -0.39 is 0 Å². The number of thiophene rings is 1. The molecule has 282 valence electrons. The Hall–Kier alpha value is -7.72. The Balaban J connectivity index is 0.946. The molecule has 0 bridgehead atoms. The molecule has 0 fully saturated rings. The van der Waals surface area contributed by atoms with Crippen LogP contribution >= 0.6 is 11.3 Å². The Labute approximate surface area is 353 Å². The minimum atomic E-state index is 0.886. The first-order valence-corrected chi connectivity index (χ1v) is 21.6. The highest BCUT2D eigenvalue weighted by Gasteiger charge is 2.21. The summed E-state index contributed by atoms with van der Waals surface area (Å²) < 4.78 is 15.7. The van der Waals surface area contributed by atoms with Crippen LogP contribution in [0.5, 0.6) is 0 Å². The van der Waals surface area contributed by atoms with Crippen molar-refractivity contribution in [1.82, 2.24) is 0 Å². The van der Waals surface area contributed by atoms with Crippen LogP contribution in [0.2, 0.25) is 0 Å². The standard InChI is InChI=1S/C58H32O2S/c1-2-12-34-29-36(22-21-33(34)11-1)54-41-14-4-6-16-43(41)55(44-17-7-5-15-42(44)54)37-24-26-40-39-25-23-35(30-52(39)60-53(40)31-37)48-32-49-46-27-28-51-56(47-19-9-10-20-50(47)59-51)58(46)61-57(49)45-18-8-3-13-38(45)48/h1-32H. The first-order valence-electron chi connectivity index (χ1n) is 20.8. The number of para-hydroxylation sites is 1. The van der Waals surface area contributed by atoms with E-state index in [1.165, 1.54) is 90.9 Å². The molecule has 0 atom stereocenters. The summed E-state index contributed by atoms with van der Waals surface area (Å²) in [6, 6.07) is 70.7. The van der Waals surface area contributed by atoms with Gasteiger partial charge < -0.3 is 8.83 Å². The first kappa shape index (κ1) is 33.1. The summed E-state index contributed by atoms with van der Waals surface area (Å²) in [5, 5.41) is 17.1. The first-order chi connectivity index (χ1) is 30.2. The van der Waals surface area contributed by atoms with Crippen molar-refractivity contribution >= 4 is 118 Å². The lowest BCUT2D eigenvalue weighted by atomic mass is 9.85. The molecule has 0 saturated heterocycles. The van der Waals surface area contributed by atoms with Crippen LogP contribution in [0.15, 0.2) is 203 Å². The normalized spacial score (nSPS) is 12.3. The monoisotopic (exact) mass is 792 g/mol. The summed E-state index contributed by atoms with van der Waals surface area (Å²) in [5.74, 6) is 0. The lowest BCUT2D eigenvalue weighted by Crippen LogP contribution is -1.91. The molecule has 3 heterocycles. The van der Waals surface area contributed by atoms with E-state index in [1.807, 2.05) is 17.4 Å². The molecule has 61 heavy (non-hydrogen) atoms. The third kappa shape index (κ3) is 4.72. The van der Waals surface area contributed by atoms with Gasteiger partial charge in [0.1, 0.15) is 22.3 Å². The van der Waals surface area contributed by atoms with Crippen molar-refractivity contribution in [2.45, 2.75) is 0 Å². The molecule has 0 saturated carbocycles. The summed E-state index contributed by atoms with van der Waals surface area (Å²) in [6.07, 6.45) is 0. The molecule has 0 unspecified atom stereocenters. The predicted octanol–water partition coefficient (Wildman–Crippen LogP) is 17.5. The van der Waals surface area contributed by atoms with Crippen LogP contribution in [0.25, 0.3) is 141 Å². The molecule has 0 aliphatic heterocycles. The van der Waals surface area contributed by atoms with Crippen molar-refractivity contribution in [3.63, 3.8) is 0 Å². The average molecular weight is 793 g/mol. The summed E-state index contributed by atoms with van der Waals surface area (Å²) in [4.78, 5) is 0. The average Bonchev–Trinajstić information content (AvgIpc) is 4.01. The third-order valence-electron chi connectivity index (χ3n) is 13.0. The molecule has 0 aliphatic carbocycles. The lowest BCUT2D eigenvalue weighted by Gasteiger charge is -2.18. The maximum absolute atomic E-state index is 6.86. The maximum Gasteiger partial charge on any atom is 0.136 e. The van der Waals surface area contributed by atoms with Crippen LogP contribution in [0.3, 0.4) is 0 Å². The fourth-order valence-electron chi connectivity index (χ4n) is 10.3. The second-order valence-corrected chi connectivity index (χ2v) is 17.3. The number of benzene rings is 11. The highest BCUT2D eigenvalue weighted by Crippen LogP contribution is 2.48. The lowest BCUT2D eigenvalue weighted by molar-refractivity contribution is 0.669. The van der Waals surface area contributed by atoms with Crippen LogP contribution in [-0.2, 0) is 0 Å². The summed E-state index contributed by atoms with van der Waals surface area (Å²) >= 11 is 1.87. The number of fused-ring (bicyclic) bond motifs is 15. The fourth-order valence-corrected chi connectivity index (χ4v) is 11.7. The van der Waals surface area contributed by atoms with E-state index in [1.54, 1.807) is 0 Å². The van der Waals surface area contributed by atoms with Gasteiger partial charge in [-0.25, -0.2) is 0 Å². The van der Waals surface area contributed by atoms with E-state index in [4.69, 9.17) is 8.83 Å². The highest BCUT2D eigenvalue weighted by molar-refractivity contribution is 7.27. The minimum absolute atomic E-state index is 0.886. The number of hydrogen-bond donors (Lipinski definition) is 0. The SMILES string of the molecule is c1ccc2cc(-c3c4ccccc4c(-c4ccc5c(c4)oc4cc(-c6cc7c8ccc9oc%10ccccc%10c9c8sc7c7ccccc67)ccc45)c4ccccc34)ccc2c1. The van der Waals surface area contributed by atoms with Gasteiger partial charge in [0.25, 0.3) is 0 Å². The number of hydrogen-bond acceptors (Lipinski definition) is 3. The van der Waals surface area contributed by atoms with E-state index in [0.29, 0.717) is 0 Å². The second kappa shape index (κ2) is 12.4. The maximum atomic E-state index is 6.86. The Bertz CT molecular complexity index is 4120. The van der Waals surface area contributed by atoms with Crippen LogP contribution in [0.4, 0.5) is 0 Å². The van der Waals surface area contributed by atoms with Gasteiger partial charge >= 0.3 is 0 Å². The van der Waals surface area contributed by atoms with Crippen molar-refractivity contribution in [3.8, 4) is 33.4 Å². The molecule has 3 heteroatoms. The molecule has 2 nitrogen and oxygen atoms in total. The molecule has 0 N–H and O–H groups in total. The van der Waals surface area contributed by atoms with E-state index in [-0.39, 0.29) is 0 Å². The summed E-state index contributed by atoms with van der Waals surface area (Å²) in [7, 11) is 0. The molecule has 0 aliphatic rings. The van der Waals surface area contributed by atoms with Gasteiger partial charge in [0.15, 0.2) is 0 Å². The van der Waals surface area contributed by atoms with Gasteiger partial charge in [0.05, 0.1) is 0 Å². The van der Waals surface area contributed by atoms with Crippen molar-refractivity contribution in [3.05, 3.63) is 194 Å². The van der Waals surface area contributed by atoms with Crippen molar-refractivity contribution in [2.75, 3.05) is 0 Å². The van der Waals surface area contributed by atoms with Gasteiger partial charge in [-0.2, -0.15) is 0 Å². The van der Waals surface area contributed by atoms with Crippen LogP contribution in [-0.4, -0.2) is 0 Å². The van der Waals surface area contributed by atoms with Gasteiger partial charge in [-0.05, 0) is 126 Å². The highest BCUT2D eigenvalue weighted by atomic mass is 32.1. The fraction of sp³-hybridized carbons (Fsp3) is 0. The van der Waals surface area contributed by atoms with E-state index in [2.05, 4.69) is 188 Å². The van der Waals surface area contributed by atoms with Crippen LogP contribution in [0, 0.1) is 0 Å². The van der Waals surface area contributed by atoms with Crippen LogP contribution < -0.4 is 0 Å². The zero-order valence-electron chi connectivity index (χ0n) is 32.7. The zero-order chi connectivity index (χ0) is 39.8. The summed E-state index contributed by atoms with van der Waals surface area (Å²) in [5.41, 5.74) is 10.8. The van der Waals surface area contributed by atoms with Crippen molar-refractivity contribution in [2.24, 2.45) is 0 Å². The summed E-state index contributed by atoms with van der Waals surface area (Å²) in [6.45, 7) is 0. The largest absolute Gasteiger partial charge is 0.456 e. The smallest absolute Gasteiger partial charge is 0.136 e. The van der Waals surface area contributed by atoms with Gasteiger partial charge in [-0.3, -0.25) is 0 Å². The van der Waals surface area contributed by atoms with Gasteiger partial charge in [0.2, 0.25) is 0 Å². The van der Waals surface area contributed by atoms with E-state index >= 15 is 0 Å². The Kier molecular flexibility index (Phi) is 6.74. The van der Waals surface area contributed by atoms with Crippen LogP contribution in [0.1, 0.15) is 0 Å². The van der Waals surface area contributed by atoms with Crippen molar-refractivity contribution < 1.29 is 8.83 Å². The molecular weight excluding hydrogens is 761 g/mol. The molecule has 0 radical (unpaired) electrons. The number of furan rings is 2. The predicted molar refractivity (Wildman–Crippen MR) is 260 cm³/mol. The van der Waals surface area contributed by atoms with Gasteiger partial charge in [0, 0.05) is 47.1 Å². The topological polar surface area (TPSA) is 26.3 Å². The Morgan fingerprint density at radius 2 is 0.787 bits per heavy atom. The zero-order valence-corrected chi connectivity index (χ0v) is 33.5. The van der Waals surface area contributed by atoms with Gasteiger partial charge in [-0.1, -0.05) is 140 Å². The molecule has 3 aromatic heterocycles. The third-order valence-corrected chi connectivity index (χ3v) is 14.3. The molecular formula is C58H32O2S. The molecule has 0 amide bonds. The number of rotatable bonds is 3. The van der Waals surface area contributed by atoms with Gasteiger partial charge in [-0.15, -0.1) is 11.3 Å². The minimum Gasteiger partial charge on any atom is -0.456 e. The molecule has 14 aromatic rings. The molecule has 0 spiro atoms. The Morgan fingerprint density at radius 3 is 1.51 bits per heavy atom. The van der Waals surface area contributed by atoms with E-state index in [9.17, 15) is 0 Å². The molecule has 11 aromatic carbocycles. The Morgan fingerprint density at radius 1 is 0.279 bits per heavy atom. The molecule has 14 rings (SSSR count). The van der Waals surface area contributed by atoms with E-state index in [0.717, 1.165) is 49.6 Å². The van der Waals surface area contributed by atoms with Crippen molar-refractivity contribution in [1.29, 1.82) is 0 Å². The quantitative estimate of drug-likeness (QED) is 0.167. The second-order valence-electron chi connectivity index (χ2n) is 16.3.